The van der Waals surface area contributed by atoms with Crippen molar-refractivity contribution in [3.63, 3.8) is 0 Å². The zero-order valence-electron chi connectivity index (χ0n) is 9.46. The number of hydrogen-bond acceptors (Lipinski definition) is 2. The van der Waals surface area contributed by atoms with E-state index in [2.05, 4.69) is 0 Å². The van der Waals surface area contributed by atoms with Gasteiger partial charge in [-0.05, 0) is 37.1 Å². The lowest BCUT2D eigenvalue weighted by Gasteiger charge is -2.04. The minimum atomic E-state index is 0.641. The summed E-state index contributed by atoms with van der Waals surface area (Å²) in [6.45, 7) is 8.05. The van der Waals surface area contributed by atoms with Gasteiger partial charge in [0, 0.05) is 0 Å². The second-order valence-electron chi connectivity index (χ2n) is 2.82. The molecule has 2 nitrogen and oxygen atoms in total. The van der Waals surface area contributed by atoms with Crippen LogP contribution >= 0.6 is 0 Å². The molecular formula is C12H20N2. The third kappa shape index (κ3) is 3.13. The molecule has 0 heterocycles. The number of nitrogen functional groups attached to an aromatic ring is 2. The van der Waals surface area contributed by atoms with Crippen LogP contribution < -0.4 is 11.5 Å². The molecule has 78 valence electrons. The SMILES string of the molecule is C/C=C(\C)c1ccc(N)c(N)c1.CC. The van der Waals surface area contributed by atoms with Crippen LogP contribution in [0, 0.1) is 0 Å². The Bertz CT molecular complexity index is 314. The Balaban J connectivity index is 0.000000791. The van der Waals surface area contributed by atoms with Crippen LogP contribution in [0.2, 0.25) is 0 Å². The quantitative estimate of drug-likeness (QED) is 0.671. The molecule has 0 aromatic heterocycles. The standard InChI is InChI=1S/C10H14N2.C2H6/c1-3-7(2)8-4-5-9(11)10(12)6-8;1-2/h3-6H,11-12H2,1-2H3;1-2H3/b7-3+;. The van der Waals surface area contributed by atoms with Crippen molar-refractivity contribution in [2.45, 2.75) is 27.7 Å². The van der Waals surface area contributed by atoms with Gasteiger partial charge in [0.25, 0.3) is 0 Å². The lowest BCUT2D eigenvalue weighted by Crippen LogP contribution is -1.94. The van der Waals surface area contributed by atoms with E-state index < -0.39 is 0 Å². The zero-order valence-corrected chi connectivity index (χ0v) is 9.46. The molecule has 0 aliphatic heterocycles. The van der Waals surface area contributed by atoms with Crippen LogP contribution in [-0.4, -0.2) is 0 Å². The normalized spacial score (nSPS) is 10.4. The number of anilines is 2. The van der Waals surface area contributed by atoms with Gasteiger partial charge in [-0.15, -0.1) is 0 Å². The Morgan fingerprint density at radius 2 is 1.71 bits per heavy atom. The van der Waals surface area contributed by atoms with Crippen molar-refractivity contribution in [2.24, 2.45) is 0 Å². The molecule has 0 aliphatic carbocycles. The molecule has 0 unspecified atom stereocenters. The summed E-state index contributed by atoms with van der Waals surface area (Å²) >= 11 is 0. The van der Waals surface area contributed by atoms with Gasteiger partial charge in [-0.1, -0.05) is 26.0 Å². The first-order chi connectivity index (χ1) is 6.65. The third-order valence-electron chi connectivity index (χ3n) is 1.98. The van der Waals surface area contributed by atoms with Gasteiger partial charge in [-0.2, -0.15) is 0 Å². The Kier molecular flexibility index (Phi) is 5.46. The van der Waals surface area contributed by atoms with Crippen molar-refractivity contribution in [1.29, 1.82) is 0 Å². The molecule has 0 amide bonds. The van der Waals surface area contributed by atoms with Gasteiger partial charge in [0.2, 0.25) is 0 Å². The van der Waals surface area contributed by atoms with Gasteiger partial charge >= 0.3 is 0 Å². The Morgan fingerprint density at radius 3 is 2.14 bits per heavy atom. The van der Waals surface area contributed by atoms with Crippen LogP contribution in [0.15, 0.2) is 24.3 Å². The molecular weight excluding hydrogens is 172 g/mol. The van der Waals surface area contributed by atoms with E-state index in [1.165, 1.54) is 5.57 Å². The van der Waals surface area contributed by atoms with E-state index in [-0.39, 0.29) is 0 Å². The van der Waals surface area contributed by atoms with Crippen molar-refractivity contribution >= 4 is 16.9 Å². The van der Waals surface area contributed by atoms with Crippen LogP contribution in [-0.2, 0) is 0 Å². The highest BCUT2D eigenvalue weighted by atomic mass is 14.7. The number of allylic oxidation sites excluding steroid dienone is 2. The van der Waals surface area contributed by atoms with Gasteiger partial charge < -0.3 is 11.5 Å². The molecule has 0 fully saturated rings. The first-order valence-corrected chi connectivity index (χ1v) is 4.93. The fraction of sp³-hybridized carbons (Fsp3) is 0.333. The van der Waals surface area contributed by atoms with Gasteiger partial charge in [0.15, 0.2) is 0 Å². The monoisotopic (exact) mass is 192 g/mol. The largest absolute Gasteiger partial charge is 0.397 e. The summed E-state index contributed by atoms with van der Waals surface area (Å²) < 4.78 is 0. The smallest absolute Gasteiger partial charge is 0.0553 e. The van der Waals surface area contributed by atoms with Crippen LogP contribution in [0.4, 0.5) is 11.4 Å². The first kappa shape index (κ1) is 12.6. The molecule has 0 saturated heterocycles. The number of hydrogen-bond donors (Lipinski definition) is 2. The maximum Gasteiger partial charge on any atom is 0.0553 e. The number of benzene rings is 1. The molecule has 0 saturated carbocycles. The van der Waals surface area contributed by atoms with Crippen molar-refractivity contribution in [1.82, 2.24) is 0 Å². The van der Waals surface area contributed by atoms with Crippen LogP contribution in [0.3, 0.4) is 0 Å². The minimum Gasteiger partial charge on any atom is -0.397 e. The van der Waals surface area contributed by atoms with E-state index in [0.717, 1.165) is 5.56 Å². The Hall–Kier alpha value is -1.44. The van der Waals surface area contributed by atoms with Crippen LogP contribution in [0.1, 0.15) is 33.3 Å². The highest BCUT2D eigenvalue weighted by Crippen LogP contribution is 2.21. The second-order valence-corrected chi connectivity index (χ2v) is 2.82. The van der Waals surface area contributed by atoms with E-state index in [1.54, 1.807) is 0 Å². The molecule has 0 atom stereocenters. The van der Waals surface area contributed by atoms with Gasteiger partial charge in [-0.3, -0.25) is 0 Å². The summed E-state index contributed by atoms with van der Waals surface area (Å²) in [6, 6.07) is 5.70. The molecule has 0 bridgehead atoms. The summed E-state index contributed by atoms with van der Waals surface area (Å²) in [6.07, 6.45) is 2.05. The Labute approximate surface area is 86.6 Å². The van der Waals surface area contributed by atoms with Crippen molar-refractivity contribution in [3.05, 3.63) is 29.8 Å². The lowest BCUT2D eigenvalue weighted by molar-refractivity contribution is 1.50. The molecule has 14 heavy (non-hydrogen) atoms. The van der Waals surface area contributed by atoms with E-state index in [0.29, 0.717) is 11.4 Å². The minimum absolute atomic E-state index is 0.641. The maximum absolute atomic E-state index is 5.66. The average molecular weight is 192 g/mol. The summed E-state index contributed by atoms with van der Waals surface area (Å²) in [5, 5.41) is 0. The summed E-state index contributed by atoms with van der Waals surface area (Å²) in [5.74, 6) is 0. The van der Waals surface area contributed by atoms with Crippen LogP contribution in [0.5, 0.6) is 0 Å². The molecule has 2 heteroatoms. The molecule has 0 aliphatic rings. The summed E-state index contributed by atoms with van der Waals surface area (Å²) in [5.41, 5.74) is 14.9. The molecule has 0 radical (unpaired) electrons. The molecule has 1 aromatic carbocycles. The fourth-order valence-electron chi connectivity index (χ4n) is 0.987. The lowest BCUT2D eigenvalue weighted by atomic mass is 10.1. The van der Waals surface area contributed by atoms with Crippen molar-refractivity contribution < 1.29 is 0 Å². The Morgan fingerprint density at radius 1 is 1.14 bits per heavy atom. The molecule has 1 aromatic rings. The van der Waals surface area contributed by atoms with Crippen molar-refractivity contribution in [3.8, 4) is 0 Å². The highest BCUT2D eigenvalue weighted by Gasteiger charge is 1.97. The molecule has 4 N–H and O–H groups in total. The first-order valence-electron chi connectivity index (χ1n) is 4.93. The van der Waals surface area contributed by atoms with Crippen LogP contribution in [0.25, 0.3) is 5.57 Å². The summed E-state index contributed by atoms with van der Waals surface area (Å²) in [4.78, 5) is 0. The van der Waals surface area contributed by atoms with Gasteiger partial charge in [-0.25, -0.2) is 0 Å². The second kappa shape index (κ2) is 6.08. The van der Waals surface area contributed by atoms with E-state index in [9.17, 15) is 0 Å². The molecule has 1 rings (SSSR count). The number of rotatable bonds is 1. The maximum atomic E-state index is 5.66. The van der Waals surface area contributed by atoms with E-state index in [4.69, 9.17) is 11.5 Å². The fourth-order valence-corrected chi connectivity index (χ4v) is 0.987. The van der Waals surface area contributed by atoms with Gasteiger partial charge in [0.1, 0.15) is 0 Å². The zero-order chi connectivity index (χ0) is 11.1. The summed E-state index contributed by atoms with van der Waals surface area (Å²) in [7, 11) is 0. The predicted molar refractivity (Wildman–Crippen MR) is 65.9 cm³/mol. The van der Waals surface area contributed by atoms with E-state index >= 15 is 0 Å². The van der Waals surface area contributed by atoms with Gasteiger partial charge in [0.05, 0.1) is 11.4 Å². The average Bonchev–Trinajstić information content (AvgIpc) is 2.24. The predicted octanol–water partition coefficient (Wildman–Crippen LogP) is 3.30. The topological polar surface area (TPSA) is 52.0 Å². The van der Waals surface area contributed by atoms with E-state index in [1.807, 2.05) is 52.0 Å². The number of nitrogens with two attached hydrogens (primary N) is 2. The third-order valence-corrected chi connectivity index (χ3v) is 1.98. The van der Waals surface area contributed by atoms with Crippen molar-refractivity contribution in [2.75, 3.05) is 11.5 Å². The highest BCUT2D eigenvalue weighted by molar-refractivity contribution is 5.72. The molecule has 0 spiro atoms.